The van der Waals surface area contributed by atoms with E-state index in [0.717, 1.165) is 0 Å². The van der Waals surface area contributed by atoms with Crippen LogP contribution in [-0.2, 0) is 0 Å². The quantitative estimate of drug-likeness (QED) is 0.0479. The molecule has 0 radical (unpaired) electrons. The van der Waals surface area contributed by atoms with Gasteiger partial charge in [0.05, 0.1) is 18.5 Å². The van der Waals surface area contributed by atoms with Gasteiger partial charge in [-0.05, 0) is 38.5 Å². The summed E-state index contributed by atoms with van der Waals surface area (Å²) in [5.74, 6) is 0. The van der Waals surface area contributed by atoms with E-state index in [1.165, 1.54) is 327 Å². The van der Waals surface area contributed by atoms with Crippen LogP contribution in [0.3, 0.4) is 0 Å². The lowest BCUT2D eigenvalue weighted by molar-refractivity contribution is 0.525. The molecular weight excluding hydrogens is 696 g/mol. The van der Waals surface area contributed by atoms with Gasteiger partial charge in [0.1, 0.15) is 7.49 Å². The first kappa shape index (κ1) is 56.4. The molecule has 0 aliphatic rings. The Morgan fingerprint density at radius 3 is 0.411 bits per heavy atom. The van der Waals surface area contributed by atoms with Gasteiger partial charge in [-0.2, -0.15) is 0 Å². The van der Waals surface area contributed by atoms with Crippen LogP contribution in [0.1, 0.15) is 329 Å². The average Bonchev–Trinajstić information content (AvgIpc) is 3.20. The van der Waals surface area contributed by atoms with Gasteiger partial charge in [-0.15, -0.1) is 0 Å². The third-order valence-electron chi connectivity index (χ3n) is 13.3. The lowest BCUT2D eigenvalue weighted by Gasteiger charge is -2.21. The van der Waals surface area contributed by atoms with Crippen LogP contribution in [0.2, 0.25) is 0 Å². The molecule has 0 unspecified atom stereocenters. The van der Waals surface area contributed by atoms with Crippen molar-refractivity contribution in [3.8, 4) is 0 Å². The highest BCUT2D eigenvalue weighted by Gasteiger charge is 2.33. The second-order valence-corrected chi connectivity index (χ2v) is 22.7. The van der Waals surface area contributed by atoms with Crippen molar-refractivity contribution in [3.63, 3.8) is 0 Å². The van der Waals surface area contributed by atoms with E-state index in [1.807, 2.05) is 0 Å². The highest BCUT2D eigenvalue weighted by Crippen LogP contribution is 2.56. The van der Waals surface area contributed by atoms with Crippen molar-refractivity contribution in [2.75, 3.05) is 18.5 Å². The van der Waals surface area contributed by atoms with E-state index < -0.39 is 7.49 Å². The Morgan fingerprint density at radius 2 is 0.286 bits per heavy atom. The van der Waals surface area contributed by atoms with Crippen molar-refractivity contribution in [3.05, 3.63) is 0 Å². The van der Waals surface area contributed by atoms with Crippen molar-refractivity contribution in [2.24, 2.45) is 0 Å². The molecular formula is C54H112OP+. The molecule has 0 saturated heterocycles. The molecule has 0 aromatic rings. The Bertz CT molecular complexity index is 589. The van der Waals surface area contributed by atoms with Crippen molar-refractivity contribution in [2.45, 2.75) is 329 Å². The molecule has 0 aliphatic carbocycles. The van der Waals surface area contributed by atoms with Gasteiger partial charge in [-0.1, -0.05) is 290 Å². The monoisotopic (exact) mass is 808 g/mol. The minimum absolute atomic E-state index is 1.17. The largest absolute Gasteiger partial charge is 0.252 e. The first-order valence-corrected chi connectivity index (χ1v) is 29.6. The van der Waals surface area contributed by atoms with Gasteiger partial charge in [0.15, 0.2) is 0 Å². The van der Waals surface area contributed by atoms with Gasteiger partial charge in [0, 0.05) is 0 Å². The summed E-state index contributed by atoms with van der Waals surface area (Å²) in [6, 6.07) is 0. The van der Waals surface area contributed by atoms with E-state index >= 15 is 0 Å². The van der Waals surface area contributed by atoms with E-state index in [2.05, 4.69) is 20.8 Å². The second kappa shape index (κ2) is 49.8. The highest BCUT2D eigenvalue weighted by atomic mass is 31.2. The van der Waals surface area contributed by atoms with Crippen LogP contribution in [0.5, 0.6) is 0 Å². The van der Waals surface area contributed by atoms with Gasteiger partial charge in [-0.3, -0.25) is 4.89 Å². The van der Waals surface area contributed by atoms with Crippen LogP contribution >= 0.6 is 7.49 Å². The maximum Gasteiger partial charge on any atom is 0.142 e. The Morgan fingerprint density at radius 1 is 0.179 bits per heavy atom. The minimum atomic E-state index is -1.73. The predicted molar refractivity (Wildman–Crippen MR) is 262 cm³/mol. The standard InChI is InChI=1S/C54H112OP/c1-4-7-10-13-16-19-22-25-28-31-34-37-40-43-46-49-52-56(55,53-50-47-44-41-38-35-32-29-26-23-20-17-14-11-8-5-2)54-51-48-45-42-39-36-33-30-27-24-21-18-15-12-9-6-3/h55H,4-54H2,1-3H3/q+1. The van der Waals surface area contributed by atoms with Gasteiger partial charge in [0.2, 0.25) is 0 Å². The Kier molecular flexibility index (Phi) is 50.1. The lowest BCUT2D eigenvalue weighted by Crippen LogP contribution is -2.08. The number of hydrogen-bond acceptors (Lipinski definition) is 1. The Balaban J connectivity index is 4.08. The fourth-order valence-electron chi connectivity index (χ4n) is 9.20. The third-order valence-corrected chi connectivity index (χ3v) is 16.7. The molecule has 0 bridgehead atoms. The topological polar surface area (TPSA) is 20.2 Å². The molecule has 0 aromatic carbocycles. The molecule has 0 amide bonds. The van der Waals surface area contributed by atoms with Crippen LogP contribution in [0, 0.1) is 0 Å². The zero-order chi connectivity index (χ0) is 40.6. The van der Waals surface area contributed by atoms with Gasteiger partial charge < -0.3 is 0 Å². The van der Waals surface area contributed by atoms with Crippen LogP contribution in [-0.4, -0.2) is 23.4 Å². The lowest BCUT2D eigenvalue weighted by atomic mass is 10.0. The summed E-state index contributed by atoms with van der Waals surface area (Å²) in [5.41, 5.74) is 0. The van der Waals surface area contributed by atoms with Crippen LogP contribution in [0.25, 0.3) is 0 Å². The zero-order valence-corrected chi connectivity index (χ0v) is 40.9. The van der Waals surface area contributed by atoms with Gasteiger partial charge >= 0.3 is 0 Å². The van der Waals surface area contributed by atoms with Crippen molar-refractivity contribution < 1.29 is 4.89 Å². The summed E-state index contributed by atoms with van der Waals surface area (Å²) in [5, 5.41) is 0. The second-order valence-electron chi connectivity index (χ2n) is 19.2. The molecule has 1 nitrogen and oxygen atoms in total. The molecule has 0 fully saturated rings. The van der Waals surface area contributed by atoms with Crippen molar-refractivity contribution in [1.82, 2.24) is 0 Å². The summed E-state index contributed by atoms with van der Waals surface area (Å²) in [4.78, 5) is 12.0. The van der Waals surface area contributed by atoms with Crippen LogP contribution in [0.15, 0.2) is 0 Å². The van der Waals surface area contributed by atoms with Gasteiger partial charge in [-0.25, -0.2) is 0 Å². The normalized spacial score (nSPS) is 12.0. The maximum atomic E-state index is 12.0. The Labute approximate surface area is 358 Å². The minimum Gasteiger partial charge on any atom is -0.252 e. The molecule has 0 spiro atoms. The van der Waals surface area contributed by atoms with E-state index in [9.17, 15) is 4.89 Å². The highest BCUT2D eigenvalue weighted by molar-refractivity contribution is 7.70. The number of rotatable bonds is 51. The number of hydrogen-bond donors (Lipinski definition) is 1. The average molecular weight is 808 g/mol. The summed E-state index contributed by atoms with van der Waals surface area (Å²) in [6.45, 7) is 6.94. The first-order valence-electron chi connectivity index (χ1n) is 27.3. The van der Waals surface area contributed by atoms with Crippen LogP contribution in [0.4, 0.5) is 0 Å². The number of unbranched alkanes of at least 4 members (excludes halogenated alkanes) is 45. The first-order chi connectivity index (χ1) is 27.7. The molecule has 1 N–H and O–H groups in total. The summed E-state index contributed by atoms with van der Waals surface area (Å²) in [7, 11) is -1.73. The molecule has 338 valence electrons. The fourth-order valence-corrected chi connectivity index (χ4v) is 12.3. The molecule has 2 heteroatoms. The molecule has 0 aromatic heterocycles. The molecule has 56 heavy (non-hydrogen) atoms. The van der Waals surface area contributed by atoms with Crippen molar-refractivity contribution >= 4 is 7.49 Å². The van der Waals surface area contributed by atoms with E-state index in [0.29, 0.717) is 0 Å². The van der Waals surface area contributed by atoms with E-state index in [1.54, 1.807) is 0 Å². The summed E-state index contributed by atoms with van der Waals surface area (Å²) in [6.07, 6.45) is 72.1. The van der Waals surface area contributed by atoms with Crippen molar-refractivity contribution in [1.29, 1.82) is 0 Å². The van der Waals surface area contributed by atoms with Crippen LogP contribution < -0.4 is 0 Å². The smallest absolute Gasteiger partial charge is 0.142 e. The Hall–Kier alpha value is 0.390. The van der Waals surface area contributed by atoms with E-state index in [4.69, 9.17) is 0 Å². The zero-order valence-electron chi connectivity index (χ0n) is 40.0. The third kappa shape index (κ3) is 47.1. The molecule has 0 saturated carbocycles. The molecule has 0 atom stereocenters. The molecule has 0 rings (SSSR count). The van der Waals surface area contributed by atoms with E-state index in [-0.39, 0.29) is 0 Å². The summed E-state index contributed by atoms with van der Waals surface area (Å²) < 4.78 is 0. The van der Waals surface area contributed by atoms with Gasteiger partial charge in [0.25, 0.3) is 0 Å². The maximum absolute atomic E-state index is 12.0. The fraction of sp³-hybridized carbons (Fsp3) is 1.00. The predicted octanol–water partition coefficient (Wildman–Crippen LogP) is 20.7. The molecule has 0 aliphatic heterocycles. The SMILES string of the molecule is CCCCCCCCCCCCCCCCCC[P+](O)(CCCCCCCCCCCCCCCCCC)CCCCCCCCCCCCCCCCCC. The summed E-state index contributed by atoms with van der Waals surface area (Å²) >= 11 is 0. The molecule has 0 heterocycles.